The first-order valence-electron chi connectivity index (χ1n) is 5.09. The van der Waals surface area contributed by atoms with Gasteiger partial charge in [0.05, 0.1) is 0 Å². The number of rotatable bonds is 2. The van der Waals surface area contributed by atoms with E-state index in [-0.39, 0.29) is 0 Å². The molecule has 0 bridgehead atoms. The minimum absolute atomic E-state index is 0.901. The van der Waals surface area contributed by atoms with Crippen LogP contribution in [-0.4, -0.2) is 5.33 Å². The molecule has 2 rings (SSSR count). The quantitative estimate of drug-likeness (QED) is 0.694. The Bertz CT molecular complexity index is 410. The number of benzene rings is 1. The van der Waals surface area contributed by atoms with Gasteiger partial charge < -0.3 is 0 Å². The van der Waals surface area contributed by atoms with E-state index in [0.29, 0.717) is 0 Å². The summed E-state index contributed by atoms with van der Waals surface area (Å²) in [7, 11) is 0. The average molecular weight is 261 g/mol. The summed E-state index contributed by atoms with van der Waals surface area (Å²) in [5, 5.41) is 0.901. The van der Waals surface area contributed by atoms with Crippen LogP contribution < -0.4 is 0 Å². The van der Waals surface area contributed by atoms with Crippen LogP contribution in [0.5, 0.6) is 0 Å². The van der Waals surface area contributed by atoms with Crippen molar-refractivity contribution in [3.63, 3.8) is 0 Å². The fourth-order valence-corrected chi connectivity index (χ4v) is 2.18. The molecule has 1 aliphatic rings. The molecule has 0 atom stereocenters. The molecular formula is C14H13Br. The Labute approximate surface area is 99.1 Å². The van der Waals surface area contributed by atoms with E-state index in [1.54, 1.807) is 0 Å². The van der Waals surface area contributed by atoms with Crippen LogP contribution in [0, 0.1) is 0 Å². The van der Waals surface area contributed by atoms with Crippen molar-refractivity contribution in [2.75, 3.05) is 5.33 Å². The van der Waals surface area contributed by atoms with Gasteiger partial charge in [-0.15, -0.1) is 0 Å². The molecule has 0 fully saturated rings. The Hall–Kier alpha value is -1.08. The number of halogens is 1. The van der Waals surface area contributed by atoms with Crippen LogP contribution in [-0.2, 0) is 0 Å². The van der Waals surface area contributed by atoms with Gasteiger partial charge in [0.1, 0.15) is 0 Å². The molecule has 0 nitrogen and oxygen atoms in total. The van der Waals surface area contributed by atoms with Gasteiger partial charge in [0.15, 0.2) is 0 Å². The summed E-state index contributed by atoms with van der Waals surface area (Å²) in [6.07, 6.45) is 9.84. The molecule has 0 amide bonds. The van der Waals surface area contributed by atoms with Crippen molar-refractivity contribution in [3.05, 3.63) is 65.8 Å². The zero-order valence-corrected chi connectivity index (χ0v) is 10.1. The Morgan fingerprint density at radius 1 is 1.00 bits per heavy atom. The molecule has 1 heteroatoms. The fraction of sp³-hybridized carbons (Fsp3) is 0.143. The molecule has 0 unspecified atom stereocenters. The van der Waals surface area contributed by atoms with Crippen LogP contribution in [0.2, 0.25) is 0 Å². The zero-order chi connectivity index (χ0) is 10.5. The van der Waals surface area contributed by atoms with Gasteiger partial charge in [-0.3, -0.25) is 0 Å². The molecule has 1 aliphatic carbocycles. The highest BCUT2D eigenvalue weighted by Gasteiger charge is 2.04. The molecule has 0 spiro atoms. The molecule has 0 aromatic heterocycles. The summed E-state index contributed by atoms with van der Waals surface area (Å²) in [5.74, 6) is 0. The first kappa shape index (κ1) is 10.4. The van der Waals surface area contributed by atoms with Gasteiger partial charge in [0.25, 0.3) is 0 Å². The van der Waals surface area contributed by atoms with Gasteiger partial charge in [-0.1, -0.05) is 70.6 Å². The van der Waals surface area contributed by atoms with Gasteiger partial charge >= 0.3 is 0 Å². The lowest BCUT2D eigenvalue weighted by Gasteiger charge is -2.06. The fourth-order valence-electron chi connectivity index (χ4n) is 1.69. The third kappa shape index (κ3) is 2.48. The summed E-state index contributed by atoms with van der Waals surface area (Å²) >= 11 is 3.54. The molecule has 0 aliphatic heterocycles. The predicted molar refractivity (Wildman–Crippen MR) is 70.1 cm³/mol. The molecule has 15 heavy (non-hydrogen) atoms. The van der Waals surface area contributed by atoms with Crippen LogP contribution in [0.4, 0.5) is 0 Å². The van der Waals surface area contributed by atoms with Crippen molar-refractivity contribution in [2.24, 2.45) is 0 Å². The van der Waals surface area contributed by atoms with Gasteiger partial charge in [0, 0.05) is 5.33 Å². The maximum atomic E-state index is 3.54. The number of hydrogen-bond donors (Lipinski definition) is 0. The number of hydrogen-bond acceptors (Lipinski definition) is 0. The molecule has 1 aromatic rings. The summed E-state index contributed by atoms with van der Waals surface area (Å²) in [6, 6.07) is 10.5. The minimum atomic E-state index is 0.901. The third-order valence-corrected chi connectivity index (χ3v) is 3.05. The molecule has 0 radical (unpaired) electrons. The van der Waals surface area contributed by atoms with Crippen LogP contribution in [0.3, 0.4) is 0 Å². The normalized spacial score (nSPS) is 15.5. The minimum Gasteiger partial charge on any atom is -0.0876 e. The highest BCUT2D eigenvalue weighted by atomic mass is 79.9. The second kappa shape index (κ2) is 5.13. The Morgan fingerprint density at radius 3 is 2.47 bits per heavy atom. The second-order valence-corrected chi connectivity index (χ2v) is 4.04. The van der Waals surface area contributed by atoms with Crippen LogP contribution >= 0.6 is 15.9 Å². The standard InChI is InChI=1S/C14H13Br/c15-11-13-9-5-2-6-10-14(13)12-7-3-1-4-8-12/h1,3-10H,2,11H2. The number of allylic oxidation sites excluding steroid dienone is 6. The largest absolute Gasteiger partial charge is 0.0876 e. The van der Waals surface area contributed by atoms with Gasteiger partial charge in [-0.25, -0.2) is 0 Å². The van der Waals surface area contributed by atoms with E-state index in [1.807, 2.05) is 6.07 Å². The van der Waals surface area contributed by atoms with E-state index in [2.05, 4.69) is 64.5 Å². The van der Waals surface area contributed by atoms with Crippen LogP contribution in [0.25, 0.3) is 5.57 Å². The van der Waals surface area contributed by atoms with E-state index in [4.69, 9.17) is 0 Å². The SMILES string of the molecule is BrCC1=C(c2ccccc2)C=CCC=C1. The van der Waals surface area contributed by atoms with Gasteiger partial charge in [-0.2, -0.15) is 0 Å². The van der Waals surface area contributed by atoms with Gasteiger partial charge in [0.2, 0.25) is 0 Å². The van der Waals surface area contributed by atoms with E-state index >= 15 is 0 Å². The maximum Gasteiger partial charge on any atom is 0.0289 e. The summed E-state index contributed by atoms with van der Waals surface area (Å²) in [5.41, 5.74) is 3.95. The van der Waals surface area contributed by atoms with Gasteiger partial charge in [-0.05, 0) is 23.1 Å². The maximum absolute atomic E-state index is 3.54. The lowest BCUT2D eigenvalue weighted by molar-refractivity contribution is 1.40. The topological polar surface area (TPSA) is 0 Å². The monoisotopic (exact) mass is 260 g/mol. The first-order valence-corrected chi connectivity index (χ1v) is 6.21. The Balaban J connectivity index is 2.48. The molecule has 0 saturated heterocycles. The van der Waals surface area contributed by atoms with Crippen molar-refractivity contribution in [1.29, 1.82) is 0 Å². The Morgan fingerprint density at radius 2 is 1.73 bits per heavy atom. The second-order valence-electron chi connectivity index (χ2n) is 3.48. The highest BCUT2D eigenvalue weighted by molar-refractivity contribution is 9.09. The lowest BCUT2D eigenvalue weighted by Crippen LogP contribution is -1.87. The number of alkyl halides is 1. The van der Waals surface area contributed by atoms with E-state index in [9.17, 15) is 0 Å². The van der Waals surface area contributed by atoms with Crippen molar-refractivity contribution in [1.82, 2.24) is 0 Å². The smallest absolute Gasteiger partial charge is 0.0289 e. The third-order valence-electron chi connectivity index (χ3n) is 2.45. The summed E-state index contributed by atoms with van der Waals surface area (Å²) < 4.78 is 0. The van der Waals surface area contributed by atoms with Crippen molar-refractivity contribution >= 4 is 21.5 Å². The zero-order valence-electron chi connectivity index (χ0n) is 8.49. The molecular weight excluding hydrogens is 248 g/mol. The summed E-state index contributed by atoms with van der Waals surface area (Å²) in [6.45, 7) is 0. The van der Waals surface area contributed by atoms with Crippen molar-refractivity contribution in [2.45, 2.75) is 6.42 Å². The predicted octanol–water partition coefficient (Wildman–Crippen LogP) is 4.35. The highest BCUT2D eigenvalue weighted by Crippen LogP contribution is 2.24. The molecule has 0 heterocycles. The Kier molecular flexibility index (Phi) is 3.57. The van der Waals surface area contributed by atoms with Crippen molar-refractivity contribution in [3.8, 4) is 0 Å². The van der Waals surface area contributed by atoms with Crippen LogP contribution in [0.1, 0.15) is 12.0 Å². The van der Waals surface area contributed by atoms with Crippen molar-refractivity contribution < 1.29 is 0 Å². The van der Waals surface area contributed by atoms with E-state index in [0.717, 1.165) is 11.8 Å². The molecule has 0 N–H and O–H groups in total. The van der Waals surface area contributed by atoms with E-state index in [1.165, 1.54) is 16.7 Å². The lowest BCUT2D eigenvalue weighted by atomic mass is 10.0. The molecule has 0 saturated carbocycles. The summed E-state index contributed by atoms with van der Waals surface area (Å²) in [4.78, 5) is 0. The average Bonchev–Trinajstić information content (AvgIpc) is 2.55. The first-order chi connectivity index (χ1) is 7.42. The molecule has 1 aromatic carbocycles. The van der Waals surface area contributed by atoms with E-state index < -0.39 is 0 Å². The molecule has 76 valence electrons. The van der Waals surface area contributed by atoms with Crippen LogP contribution in [0.15, 0.2) is 60.2 Å².